The van der Waals surface area contributed by atoms with Crippen LogP contribution in [-0.4, -0.2) is 19.7 Å². The summed E-state index contributed by atoms with van der Waals surface area (Å²) in [7, 11) is 1.64. The Morgan fingerprint density at radius 3 is 2.47 bits per heavy atom. The zero-order valence-corrected chi connectivity index (χ0v) is 10.5. The number of carbonyl (C=O) groups excluding carboxylic acids is 1. The predicted molar refractivity (Wildman–Crippen MR) is 67.9 cm³/mol. The maximum Gasteiger partial charge on any atom is 0.309 e. The molecule has 3 heteroatoms. The minimum absolute atomic E-state index is 0.185. The van der Waals surface area contributed by atoms with Gasteiger partial charge in [0.1, 0.15) is 5.75 Å². The van der Waals surface area contributed by atoms with E-state index in [0.717, 1.165) is 16.9 Å². The van der Waals surface area contributed by atoms with Crippen LogP contribution in [0.3, 0.4) is 0 Å². The summed E-state index contributed by atoms with van der Waals surface area (Å²) in [4.78, 5) is 11.3. The summed E-state index contributed by atoms with van der Waals surface area (Å²) in [6.07, 6.45) is 2.30. The second-order valence-electron chi connectivity index (χ2n) is 3.75. The van der Waals surface area contributed by atoms with E-state index >= 15 is 0 Å². The third kappa shape index (κ3) is 4.72. The van der Waals surface area contributed by atoms with Crippen LogP contribution in [0.25, 0.3) is 6.08 Å². The Morgan fingerprint density at radius 2 is 1.94 bits per heavy atom. The molecule has 0 radical (unpaired) electrons. The molecule has 0 spiro atoms. The average Bonchev–Trinajstić information content (AvgIpc) is 2.30. The van der Waals surface area contributed by atoms with Gasteiger partial charge in [-0.2, -0.15) is 0 Å². The van der Waals surface area contributed by atoms with Crippen molar-refractivity contribution in [3.8, 4) is 5.75 Å². The van der Waals surface area contributed by atoms with Crippen LogP contribution in [0.15, 0.2) is 29.8 Å². The Bertz CT molecular complexity index is 390. The number of esters is 1. The van der Waals surface area contributed by atoms with Crippen molar-refractivity contribution in [2.75, 3.05) is 13.7 Å². The van der Waals surface area contributed by atoms with Crippen molar-refractivity contribution in [3.63, 3.8) is 0 Å². The number of carbonyl (C=O) groups is 1. The van der Waals surface area contributed by atoms with Crippen molar-refractivity contribution in [2.24, 2.45) is 0 Å². The molecule has 3 nitrogen and oxygen atoms in total. The zero-order chi connectivity index (χ0) is 12.7. The molecule has 1 aromatic rings. The smallest absolute Gasteiger partial charge is 0.309 e. The van der Waals surface area contributed by atoms with Crippen LogP contribution in [0, 0.1) is 0 Å². The molecular formula is C14H18O3. The number of ether oxygens (including phenoxy) is 2. The third-order valence-electron chi connectivity index (χ3n) is 2.26. The topological polar surface area (TPSA) is 35.5 Å². The normalized spacial score (nSPS) is 11.1. The van der Waals surface area contributed by atoms with Gasteiger partial charge in [0.2, 0.25) is 0 Å². The first-order valence-electron chi connectivity index (χ1n) is 5.62. The highest BCUT2D eigenvalue weighted by Gasteiger charge is 2.02. The first-order valence-corrected chi connectivity index (χ1v) is 5.62. The first-order chi connectivity index (χ1) is 8.15. The molecule has 1 aromatic carbocycles. The van der Waals surface area contributed by atoms with Crippen molar-refractivity contribution < 1.29 is 14.3 Å². The number of hydrogen-bond donors (Lipinski definition) is 0. The summed E-state index contributed by atoms with van der Waals surface area (Å²) in [5, 5.41) is 0. The number of hydrogen-bond acceptors (Lipinski definition) is 3. The molecule has 0 saturated carbocycles. The minimum atomic E-state index is -0.185. The van der Waals surface area contributed by atoms with Crippen molar-refractivity contribution in [2.45, 2.75) is 20.3 Å². The molecule has 0 aromatic heterocycles. The highest BCUT2D eigenvalue weighted by atomic mass is 16.5. The van der Waals surface area contributed by atoms with Crippen molar-refractivity contribution in [1.82, 2.24) is 0 Å². The lowest BCUT2D eigenvalue weighted by Gasteiger charge is -2.03. The molecule has 0 saturated heterocycles. The maximum atomic E-state index is 11.3. The Kier molecular flexibility index (Phi) is 5.27. The first kappa shape index (κ1) is 13.3. The number of benzene rings is 1. The summed E-state index contributed by atoms with van der Waals surface area (Å²) >= 11 is 0. The lowest BCUT2D eigenvalue weighted by atomic mass is 10.1. The largest absolute Gasteiger partial charge is 0.497 e. The molecule has 0 fully saturated rings. The van der Waals surface area contributed by atoms with Crippen LogP contribution in [0.4, 0.5) is 0 Å². The lowest BCUT2D eigenvalue weighted by Crippen LogP contribution is -2.03. The fraction of sp³-hybridized carbons (Fsp3) is 0.357. The summed E-state index contributed by atoms with van der Waals surface area (Å²) in [5.74, 6) is 0.639. The van der Waals surface area contributed by atoms with Crippen LogP contribution >= 0.6 is 0 Å². The number of rotatable bonds is 5. The van der Waals surface area contributed by atoms with Crippen molar-refractivity contribution >= 4 is 12.0 Å². The van der Waals surface area contributed by atoms with Crippen LogP contribution < -0.4 is 4.74 Å². The van der Waals surface area contributed by atoms with E-state index in [1.807, 2.05) is 37.3 Å². The van der Waals surface area contributed by atoms with Gasteiger partial charge in [-0.15, -0.1) is 0 Å². The standard InChI is InChI=1S/C14H18O3/c1-4-17-14(15)10-11(2)9-12-5-7-13(16-3)8-6-12/h5-9H,4,10H2,1-3H3/b11-9+. The van der Waals surface area contributed by atoms with E-state index in [2.05, 4.69) is 0 Å². The Hall–Kier alpha value is -1.77. The van der Waals surface area contributed by atoms with E-state index in [1.54, 1.807) is 14.0 Å². The molecule has 0 atom stereocenters. The predicted octanol–water partition coefficient (Wildman–Crippen LogP) is 3.05. The van der Waals surface area contributed by atoms with E-state index in [0.29, 0.717) is 13.0 Å². The van der Waals surface area contributed by atoms with Gasteiger partial charge in [-0.1, -0.05) is 23.8 Å². The maximum absolute atomic E-state index is 11.3. The van der Waals surface area contributed by atoms with Crippen LogP contribution in [-0.2, 0) is 9.53 Å². The van der Waals surface area contributed by atoms with Gasteiger partial charge in [0, 0.05) is 0 Å². The van der Waals surface area contributed by atoms with Gasteiger partial charge in [0.25, 0.3) is 0 Å². The molecule has 0 aliphatic heterocycles. The molecule has 0 amide bonds. The zero-order valence-electron chi connectivity index (χ0n) is 10.5. The summed E-state index contributed by atoms with van der Waals surface area (Å²) in [6.45, 7) is 4.15. The van der Waals surface area contributed by atoms with Gasteiger partial charge in [0.15, 0.2) is 0 Å². The van der Waals surface area contributed by atoms with Gasteiger partial charge in [-0.25, -0.2) is 0 Å². The Labute approximate surface area is 102 Å². The van der Waals surface area contributed by atoms with Gasteiger partial charge < -0.3 is 9.47 Å². The van der Waals surface area contributed by atoms with Crippen LogP contribution in [0.2, 0.25) is 0 Å². The van der Waals surface area contributed by atoms with E-state index in [4.69, 9.17) is 9.47 Å². The summed E-state index contributed by atoms with van der Waals surface area (Å²) in [6, 6.07) is 7.69. The Morgan fingerprint density at radius 1 is 1.29 bits per heavy atom. The molecule has 92 valence electrons. The SMILES string of the molecule is CCOC(=O)C/C(C)=C/c1ccc(OC)cc1. The molecule has 1 rings (SSSR count). The molecule has 17 heavy (non-hydrogen) atoms. The summed E-state index contributed by atoms with van der Waals surface area (Å²) in [5.41, 5.74) is 2.03. The molecule has 0 aliphatic rings. The highest BCUT2D eigenvalue weighted by Crippen LogP contribution is 2.15. The molecule has 0 unspecified atom stereocenters. The van der Waals surface area contributed by atoms with Gasteiger partial charge in [-0.05, 0) is 31.5 Å². The Balaban J connectivity index is 2.63. The van der Waals surface area contributed by atoms with Gasteiger partial charge in [-0.3, -0.25) is 4.79 Å². The molecule has 0 heterocycles. The molecule has 0 aliphatic carbocycles. The van der Waals surface area contributed by atoms with E-state index in [-0.39, 0.29) is 5.97 Å². The van der Waals surface area contributed by atoms with Gasteiger partial charge >= 0.3 is 5.97 Å². The van der Waals surface area contributed by atoms with E-state index < -0.39 is 0 Å². The summed E-state index contributed by atoms with van der Waals surface area (Å²) < 4.78 is 9.96. The van der Waals surface area contributed by atoms with Crippen molar-refractivity contribution in [1.29, 1.82) is 0 Å². The minimum Gasteiger partial charge on any atom is -0.497 e. The fourth-order valence-electron chi connectivity index (χ4n) is 1.48. The molecule has 0 N–H and O–H groups in total. The monoisotopic (exact) mass is 234 g/mol. The molecule has 0 bridgehead atoms. The lowest BCUT2D eigenvalue weighted by molar-refractivity contribution is -0.142. The average molecular weight is 234 g/mol. The van der Waals surface area contributed by atoms with E-state index in [1.165, 1.54) is 0 Å². The van der Waals surface area contributed by atoms with Gasteiger partial charge in [0.05, 0.1) is 20.1 Å². The highest BCUT2D eigenvalue weighted by molar-refractivity contribution is 5.74. The molecular weight excluding hydrogens is 216 g/mol. The quantitative estimate of drug-likeness (QED) is 0.734. The third-order valence-corrected chi connectivity index (χ3v) is 2.26. The number of methoxy groups -OCH3 is 1. The van der Waals surface area contributed by atoms with E-state index in [9.17, 15) is 4.79 Å². The fourth-order valence-corrected chi connectivity index (χ4v) is 1.48. The van der Waals surface area contributed by atoms with Crippen LogP contribution in [0.5, 0.6) is 5.75 Å². The second kappa shape index (κ2) is 6.74. The van der Waals surface area contributed by atoms with Crippen LogP contribution in [0.1, 0.15) is 25.8 Å². The van der Waals surface area contributed by atoms with Crippen molar-refractivity contribution in [3.05, 3.63) is 35.4 Å². The second-order valence-corrected chi connectivity index (χ2v) is 3.75.